The fourth-order valence-electron chi connectivity index (χ4n) is 2.38. The number of carbonyl (C=O) groups is 1. The van der Waals surface area contributed by atoms with Crippen molar-refractivity contribution in [1.29, 1.82) is 0 Å². The first-order chi connectivity index (χ1) is 8.55. The van der Waals surface area contributed by atoms with E-state index in [0.717, 1.165) is 37.4 Å². The Labute approximate surface area is 108 Å². The van der Waals surface area contributed by atoms with Gasteiger partial charge in [-0.25, -0.2) is 0 Å². The van der Waals surface area contributed by atoms with Gasteiger partial charge >= 0.3 is 0 Å². The molecule has 98 valence electrons. The van der Waals surface area contributed by atoms with E-state index in [9.17, 15) is 4.79 Å². The highest BCUT2D eigenvalue weighted by Gasteiger charge is 2.27. The van der Waals surface area contributed by atoms with Gasteiger partial charge in [0, 0.05) is 30.7 Å². The number of benzene rings is 1. The second kappa shape index (κ2) is 4.98. The average Bonchev–Trinajstić information content (AvgIpc) is 2.36. The van der Waals surface area contributed by atoms with Crippen LogP contribution in [0, 0.1) is 0 Å². The van der Waals surface area contributed by atoms with Crippen LogP contribution >= 0.6 is 0 Å². The molecule has 4 nitrogen and oxygen atoms in total. The van der Waals surface area contributed by atoms with Crippen molar-refractivity contribution in [2.45, 2.75) is 19.4 Å². The average molecular weight is 248 g/mol. The number of hydrogen-bond donors (Lipinski definition) is 1. The molecule has 1 saturated heterocycles. The van der Waals surface area contributed by atoms with Crippen molar-refractivity contribution >= 4 is 12.0 Å². The topological polar surface area (TPSA) is 41.6 Å². The molecule has 0 aliphatic carbocycles. The number of hydrogen-bond acceptors (Lipinski definition) is 4. The maximum absolute atomic E-state index is 10.8. The number of rotatable bonds is 3. The van der Waals surface area contributed by atoms with Crippen LogP contribution in [0.1, 0.15) is 24.2 Å². The summed E-state index contributed by atoms with van der Waals surface area (Å²) in [6, 6.07) is 5.58. The third-order valence-electron chi connectivity index (χ3n) is 3.25. The van der Waals surface area contributed by atoms with E-state index in [4.69, 9.17) is 4.74 Å². The molecule has 1 aromatic carbocycles. The third-order valence-corrected chi connectivity index (χ3v) is 3.25. The van der Waals surface area contributed by atoms with Crippen LogP contribution < -0.4 is 15.0 Å². The van der Waals surface area contributed by atoms with Gasteiger partial charge in [0.1, 0.15) is 12.0 Å². The standard InChI is InChI=1S/C14H20N2O2/c1-14(2)10-16(7-6-15-14)12-5-4-11(9-17)8-13(12)18-3/h4-5,8-9,15H,6-7,10H2,1-3H3. The lowest BCUT2D eigenvalue weighted by Crippen LogP contribution is -2.57. The number of carbonyl (C=O) groups excluding carboxylic acids is 1. The highest BCUT2D eigenvalue weighted by Crippen LogP contribution is 2.30. The summed E-state index contributed by atoms with van der Waals surface area (Å²) in [5.41, 5.74) is 1.79. The normalized spacial score (nSPS) is 18.5. The van der Waals surface area contributed by atoms with E-state index in [1.165, 1.54) is 0 Å². The van der Waals surface area contributed by atoms with Crippen LogP contribution in [-0.2, 0) is 0 Å². The first-order valence-electron chi connectivity index (χ1n) is 6.19. The van der Waals surface area contributed by atoms with Gasteiger partial charge in [-0.1, -0.05) is 0 Å². The fraction of sp³-hybridized carbons (Fsp3) is 0.500. The Morgan fingerprint density at radius 1 is 1.44 bits per heavy atom. The summed E-state index contributed by atoms with van der Waals surface area (Å²) in [4.78, 5) is 13.1. The Hall–Kier alpha value is -1.55. The maximum Gasteiger partial charge on any atom is 0.150 e. The summed E-state index contributed by atoms with van der Waals surface area (Å²) in [5, 5.41) is 3.48. The Balaban J connectivity index is 2.29. The second-order valence-electron chi connectivity index (χ2n) is 5.28. The Morgan fingerprint density at radius 3 is 2.83 bits per heavy atom. The number of ether oxygens (including phenoxy) is 1. The number of nitrogens with one attached hydrogen (secondary N) is 1. The third kappa shape index (κ3) is 2.64. The van der Waals surface area contributed by atoms with Gasteiger partial charge in [-0.15, -0.1) is 0 Å². The predicted octanol–water partition coefficient (Wildman–Crippen LogP) is 1.70. The number of anilines is 1. The highest BCUT2D eigenvalue weighted by molar-refractivity contribution is 5.78. The second-order valence-corrected chi connectivity index (χ2v) is 5.28. The van der Waals surface area contributed by atoms with Crippen molar-refractivity contribution in [2.75, 3.05) is 31.6 Å². The number of piperazine rings is 1. The molecule has 0 radical (unpaired) electrons. The van der Waals surface area contributed by atoms with E-state index in [2.05, 4.69) is 24.1 Å². The minimum absolute atomic E-state index is 0.0899. The molecule has 0 bridgehead atoms. The van der Waals surface area contributed by atoms with Crippen molar-refractivity contribution in [3.8, 4) is 5.75 Å². The molecule has 1 aliphatic heterocycles. The fourth-order valence-corrected chi connectivity index (χ4v) is 2.38. The van der Waals surface area contributed by atoms with Gasteiger partial charge in [-0.2, -0.15) is 0 Å². The van der Waals surface area contributed by atoms with Crippen LogP contribution in [0.2, 0.25) is 0 Å². The lowest BCUT2D eigenvalue weighted by Gasteiger charge is -2.40. The molecule has 1 N–H and O–H groups in total. The highest BCUT2D eigenvalue weighted by atomic mass is 16.5. The minimum atomic E-state index is 0.0899. The molecule has 0 amide bonds. The Kier molecular flexibility index (Phi) is 3.57. The molecule has 0 atom stereocenters. The van der Waals surface area contributed by atoms with Crippen LogP contribution in [0.3, 0.4) is 0 Å². The summed E-state index contributed by atoms with van der Waals surface area (Å²) >= 11 is 0. The Bertz CT molecular complexity index is 443. The van der Waals surface area contributed by atoms with Gasteiger partial charge in [0.05, 0.1) is 12.8 Å². The summed E-state index contributed by atoms with van der Waals surface area (Å²) < 4.78 is 5.39. The number of methoxy groups -OCH3 is 1. The smallest absolute Gasteiger partial charge is 0.150 e. The zero-order valence-corrected chi connectivity index (χ0v) is 11.2. The van der Waals surface area contributed by atoms with E-state index in [1.807, 2.05) is 12.1 Å². The molecular weight excluding hydrogens is 228 g/mol. The van der Waals surface area contributed by atoms with Gasteiger partial charge in [0.25, 0.3) is 0 Å². The summed E-state index contributed by atoms with van der Waals surface area (Å²) in [5.74, 6) is 0.761. The van der Waals surface area contributed by atoms with Crippen molar-refractivity contribution in [1.82, 2.24) is 5.32 Å². The zero-order valence-electron chi connectivity index (χ0n) is 11.2. The molecule has 2 rings (SSSR count). The Morgan fingerprint density at radius 2 is 2.22 bits per heavy atom. The SMILES string of the molecule is COc1cc(C=O)ccc1N1CCNC(C)(C)C1. The lowest BCUT2D eigenvalue weighted by molar-refractivity contribution is 0.112. The molecule has 4 heteroatoms. The summed E-state index contributed by atoms with van der Waals surface area (Å²) in [6.45, 7) is 7.19. The van der Waals surface area contributed by atoms with Gasteiger partial charge in [0.15, 0.2) is 0 Å². The van der Waals surface area contributed by atoms with E-state index in [1.54, 1.807) is 13.2 Å². The number of aldehydes is 1. The van der Waals surface area contributed by atoms with Crippen molar-refractivity contribution in [2.24, 2.45) is 0 Å². The molecule has 0 unspecified atom stereocenters. The largest absolute Gasteiger partial charge is 0.495 e. The van der Waals surface area contributed by atoms with Crippen LogP contribution in [0.15, 0.2) is 18.2 Å². The summed E-state index contributed by atoms with van der Waals surface area (Å²) in [6.07, 6.45) is 0.841. The molecule has 1 fully saturated rings. The van der Waals surface area contributed by atoms with Gasteiger partial charge < -0.3 is 15.0 Å². The molecule has 1 aliphatic rings. The number of nitrogens with zero attached hydrogens (tertiary/aromatic N) is 1. The van der Waals surface area contributed by atoms with Crippen LogP contribution in [-0.4, -0.2) is 38.6 Å². The quantitative estimate of drug-likeness (QED) is 0.827. The molecular formula is C14H20N2O2. The molecule has 0 saturated carbocycles. The monoisotopic (exact) mass is 248 g/mol. The van der Waals surface area contributed by atoms with Gasteiger partial charge in [-0.3, -0.25) is 4.79 Å². The molecule has 1 heterocycles. The van der Waals surface area contributed by atoms with Crippen molar-refractivity contribution < 1.29 is 9.53 Å². The zero-order chi connectivity index (χ0) is 13.2. The van der Waals surface area contributed by atoms with E-state index >= 15 is 0 Å². The van der Waals surface area contributed by atoms with Crippen molar-refractivity contribution in [3.63, 3.8) is 0 Å². The van der Waals surface area contributed by atoms with Crippen LogP contribution in [0.25, 0.3) is 0 Å². The lowest BCUT2D eigenvalue weighted by atomic mass is 10.0. The first-order valence-corrected chi connectivity index (χ1v) is 6.19. The molecule has 0 spiro atoms. The maximum atomic E-state index is 10.8. The van der Waals surface area contributed by atoms with Gasteiger partial charge in [-0.05, 0) is 32.0 Å². The molecule has 0 aromatic heterocycles. The van der Waals surface area contributed by atoms with E-state index < -0.39 is 0 Å². The predicted molar refractivity (Wildman–Crippen MR) is 72.7 cm³/mol. The first kappa shape index (κ1) is 12.9. The van der Waals surface area contributed by atoms with Gasteiger partial charge in [0.2, 0.25) is 0 Å². The van der Waals surface area contributed by atoms with Crippen LogP contribution in [0.5, 0.6) is 5.75 Å². The van der Waals surface area contributed by atoms with E-state index in [-0.39, 0.29) is 5.54 Å². The van der Waals surface area contributed by atoms with E-state index in [0.29, 0.717) is 5.56 Å². The van der Waals surface area contributed by atoms with Crippen molar-refractivity contribution in [3.05, 3.63) is 23.8 Å². The minimum Gasteiger partial charge on any atom is -0.495 e. The molecule has 18 heavy (non-hydrogen) atoms. The molecule has 1 aromatic rings. The van der Waals surface area contributed by atoms with Crippen LogP contribution in [0.4, 0.5) is 5.69 Å². The summed E-state index contributed by atoms with van der Waals surface area (Å²) in [7, 11) is 1.64.